The Kier molecular flexibility index (Phi) is 7.63. The van der Waals surface area contributed by atoms with Crippen LogP contribution in [0, 0.1) is 0 Å². The molecular weight excluding hydrogens is 315 g/mol. The van der Waals surface area contributed by atoms with Crippen molar-refractivity contribution in [1.82, 2.24) is 10.2 Å². The number of benzene rings is 1. The lowest BCUT2D eigenvalue weighted by Crippen LogP contribution is -2.40. The van der Waals surface area contributed by atoms with E-state index in [1.54, 1.807) is 6.07 Å². The summed E-state index contributed by atoms with van der Waals surface area (Å²) in [6, 6.07) is 4.22. The first kappa shape index (κ1) is 18.1. The van der Waals surface area contributed by atoms with Crippen LogP contribution in [0.2, 0.25) is 15.1 Å². The van der Waals surface area contributed by atoms with Gasteiger partial charge in [0.05, 0.1) is 15.1 Å². The van der Waals surface area contributed by atoms with Gasteiger partial charge in [-0.05, 0) is 38.6 Å². The van der Waals surface area contributed by atoms with E-state index in [0.717, 1.165) is 25.2 Å². The lowest BCUT2D eigenvalue weighted by molar-refractivity contribution is 0.264. The molecule has 0 aliphatic heterocycles. The van der Waals surface area contributed by atoms with Crippen LogP contribution in [0.25, 0.3) is 0 Å². The van der Waals surface area contributed by atoms with Crippen molar-refractivity contribution >= 4 is 34.8 Å². The monoisotopic (exact) mass is 336 g/mol. The van der Waals surface area contributed by atoms with Crippen molar-refractivity contribution in [3.63, 3.8) is 0 Å². The van der Waals surface area contributed by atoms with E-state index in [-0.39, 0.29) is 6.04 Å². The van der Waals surface area contributed by atoms with Gasteiger partial charge in [-0.3, -0.25) is 0 Å². The molecular formula is C15H23Cl3N2. The Bertz CT molecular complexity index is 433. The van der Waals surface area contributed by atoms with Crippen LogP contribution in [-0.2, 0) is 0 Å². The smallest absolute Gasteiger partial charge is 0.0781 e. The molecule has 1 rings (SSSR count). The van der Waals surface area contributed by atoms with E-state index in [1.807, 2.05) is 6.07 Å². The molecule has 0 amide bonds. The molecule has 1 N–H and O–H groups in total. The summed E-state index contributed by atoms with van der Waals surface area (Å²) in [6.45, 7) is 11.8. The van der Waals surface area contributed by atoms with Crippen LogP contribution in [0.4, 0.5) is 0 Å². The second kappa shape index (κ2) is 8.45. The van der Waals surface area contributed by atoms with Crippen LogP contribution in [-0.4, -0.2) is 30.6 Å². The van der Waals surface area contributed by atoms with Gasteiger partial charge in [-0.2, -0.15) is 0 Å². The van der Waals surface area contributed by atoms with Gasteiger partial charge in [0.25, 0.3) is 0 Å². The normalized spacial score (nSPS) is 14.6. The highest BCUT2D eigenvalue weighted by molar-refractivity contribution is 6.48. The van der Waals surface area contributed by atoms with E-state index < -0.39 is 0 Å². The van der Waals surface area contributed by atoms with Crippen molar-refractivity contribution in [3.05, 3.63) is 32.8 Å². The van der Waals surface area contributed by atoms with Gasteiger partial charge in [0.15, 0.2) is 0 Å². The molecule has 0 saturated carbocycles. The summed E-state index contributed by atoms with van der Waals surface area (Å²) in [7, 11) is 0. The zero-order chi connectivity index (χ0) is 15.3. The van der Waals surface area contributed by atoms with Crippen molar-refractivity contribution in [2.24, 2.45) is 0 Å². The minimum Gasteiger partial charge on any atom is -0.306 e. The molecule has 0 aliphatic rings. The molecule has 114 valence electrons. The predicted molar refractivity (Wildman–Crippen MR) is 90.3 cm³/mol. The molecule has 0 bridgehead atoms. The van der Waals surface area contributed by atoms with Crippen molar-refractivity contribution in [3.8, 4) is 0 Å². The molecule has 1 aromatic rings. The molecule has 5 heteroatoms. The summed E-state index contributed by atoms with van der Waals surface area (Å²) in [5.41, 5.74) is 0.979. The molecule has 0 fully saturated rings. The average Bonchev–Trinajstić information content (AvgIpc) is 2.42. The number of nitrogens with zero attached hydrogens (tertiary/aromatic N) is 1. The Morgan fingerprint density at radius 2 is 1.65 bits per heavy atom. The fourth-order valence-corrected chi connectivity index (χ4v) is 3.02. The summed E-state index contributed by atoms with van der Waals surface area (Å²) >= 11 is 18.3. The van der Waals surface area contributed by atoms with Gasteiger partial charge in [-0.25, -0.2) is 0 Å². The van der Waals surface area contributed by atoms with E-state index >= 15 is 0 Å². The fourth-order valence-electron chi connectivity index (χ4n) is 2.31. The van der Waals surface area contributed by atoms with Crippen molar-refractivity contribution in [2.75, 3.05) is 19.6 Å². The molecule has 0 saturated heterocycles. The quantitative estimate of drug-likeness (QED) is 0.702. The van der Waals surface area contributed by atoms with Crippen molar-refractivity contribution in [2.45, 2.75) is 39.8 Å². The third-order valence-corrected chi connectivity index (χ3v) is 4.80. The number of halogens is 3. The van der Waals surface area contributed by atoms with Crippen LogP contribution in [0.3, 0.4) is 0 Å². The standard InChI is InChI=1S/C15H23Cl3N2/c1-5-20(6-2)9-10(3)19-11(4)12-7-8-13(16)15(18)14(12)17/h7-8,10-11,19H,5-6,9H2,1-4H3. The molecule has 2 unspecified atom stereocenters. The van der Waals surface area contributed by atoms with E-state index in [2.05, 4.69) is 37.9 Å². The van der Waals surface area contributed by atoms with E-state index in [0.29, 0.717) is 21.1 Å². The first-order chi connectivity index (χ1) is 9.40. The summed E-state index contributed by atoms with van der Waals surface area (Å²) in [6.07, 6.45) is 0. The van der Waals surface area contributed by atoms with Crippen molar-refractivity contribution < 1.29 is 0 Å². The maximum atomic E-state index is 6.27. The highest BCUT2D eigenvalue weighted by Crippen LogP contribution is 2.35. The summed E-state index contributed by atoms with van der Waals surface area (Å²) in [5, 5.41) is 5.01. The number of hydrogen-bond acceptors (Lipinski definition) is 2. The number of nitrogens with one attached hydrogen (secondary N) is 1. The predicted octanol–water partition coefficient (Wildman–Crippen LogP) is 5.03. The molecule has 0 aromatic heterocycles. The zero-order valence-corrected chi connectivity index (χ0v) is 14.8. The van der Waals surface area contributed by atoms with Gasteiger partial charge in [0.1, 0.15) is 0 Å². The van der Waals surface area contributed by atoms with Gasteiger partial charge in [0, 0.05) is 18.6 Å². The SMILES string of the molecule is CCN(CC)CC(C)NC(C)c1ccc(Cl)c(Cl)c1Cl. The second-order valence-electron chi connectivity index (χ2n) is 5.04. The highest BCUT2D eigenvalue weighted by atomic mass is 35.5. The Labute approximate surface area is 137 Å². The summed E-state index contributed by atoms with van der Waals surface area (Å²) in [5.74, 6) is 0. The Morgan fingerprint density at radius 1 is 1.05 bits per heavy atom. The lowest BCUT2D eigenvalue weighted by Gasteiger charge is -2.27. The lowest BCUT2D eigenvalue weighted by atomic mass is 10.1. The van der Waals surface area contributed by atoms with Crippen molar-refractivity contribution in [1.29, 1.82) is 0 Å². The molecule has 0 spiro atoms. The first-order valence-electron chi connectivity index (χ1n) is 7.02. The van der Waals surface area contributed by atoms with Gasteiger partial charge in [-0.15, -0.1) is 0 Å². The Morgan fingerprint density at radius 3 is 2.20 bits per heavy atom. The summed E-state index contributed by atoms with van der Waals surface area (Å²) < 4.78 is 0. The van der Waals surface area contributed by atoms with Crippen LogP contribution >= 0.6 is 34.8 Å². The van der Waals surface area contributed by atoms with Crippen LogP contribution in [0.5, 0.6) is 0 Å². The van der Waals surface area contributed by atoms with Crippen LogP contribution in [0.1, 0.15) is 39.3 Å². The maximum absolute atomic E-state index is 6.27. The molecule has 0 aliphatic carbocycles. The van der Waals surface area contributed by atoms with Gasteiger partial charge in [0.2, 0.25) is 0 Å². The zero-order valence-electron chi connectivity index (χ0n) is 12.5. The Balaban J connectivity index is 2.71. The molecule has 20 heavy (non-hydrogen) atoms. The second-order valence-corrected chi connectivity index (χ2v) is 6.20. The summed E-state index contributed by atoms with van der Waals surface area (Å²) in [4.78, 5) is 2.39. The minimum absolute atomic E-state index is 0.128. The van der Waals surface area contributed by atoms with E-state index in [9.17, 15) is 0 Å². The molecule has 0 heterocycles. The van der Waals surface area contributed by atoms with Gasteiger partial charge < -0.3 is 10.2 Å². The number of likely N-dealkylation sites (N-methyl/N-ethyl adjacent to an activating group) is 1. The van der Waals surface area contributed by atoms with E-state index in [4.69, 9.17) is 34.8 Å². The maximum Gasteiger partial charge on any atom is 0.0781 e. The molecule has 0 radical (unpaired) electrons. The van der Waals surface area contributed by atoms with Crippen LogP contribution in [0.15, 0.2) is 12.1 Å². The molecule has 2 nitrogen and oxygen atoms in total. The average molecular weight is 338 g/mol. The highest BCUT2D eigenvalue weighted by Gasteiger charge is 2.16. The van der Waals surface area contributed by atoms with Gasteiger partial charge in [-0.1, -0.05) is 54.7 Å². The fraction of sp³-hybridized carbons (Fsp3) is 0.600. The first-order valence-corrected chi connectivity index (χ1v) is 8.15. The van der Waals surface area contributed by atoms with E-state index in [1.165, 1.54) is 0 Å². The topological polar surface area (TPSA) is 15.3 Å². The third-order valence-electron chi connectivity index (χ3n) is 3.49. The molecule has 1 aromatic carbocycles. The minimum atomic E-state index is 0.128. The number of rotatable bonds is 7. The number of hydrogen-bond donors (Lipinski definition) is 1. The third kappa shape index (κ3) is 4.78. The van der Waals surface area contributed by atoms with Crippen LogP contribution < -0.4 is 5.32 Å². The Hall–Kier alpha value is 0.01000. The van der Waals surface area contributed by atoms with Gasteiger partial charge >= 0.3 is 0 Å². The largest absolute Gasteiger partial charge is 0.306 e. The molecule has 2 atom stereocenters.